The van der Waals surface area contributed by atoms with Crippen molar-refractivity contribution in [2.24, 2.45) is 0 Å². The van der Waals surface area contributed by atoms with Crippen molar-refractivity contribution in [1.29, 1.82) is 0 Å². The average Bonchev–Trinajstić information content (AvgIpc) is 2.29. The second-order valence-corrected chi connectivity index (χ2v) is 3.36. The number of ether oxygens (including phenoxy) is 2. The predicted molar refractivity (Wildman–Crippen MR) is 61.8 cm³/mol. The van der Waals surface area contributed by atoms with Crippen LogP contribution < -0.4 is 14.8 Å². The molecule has 1 N–H and O–H groups in total. The van der Waals surface area contributed by atoms with Gasteiger partial charge < -0.3 is 14.8 Å². The largest absolute Gasteiger partial charge is 0.497 e. The quantitative estimate of drug-likeness (QED) is 0.745. The Hall–Kier alpha value is -1.71. The highest BCUT2D eigenvalue weighted by atomic mass is 16.5. The number of amides is 1. The summed E-state index contributed by atoms with van der Waals surface area (Å²) in [6, 6.07) is 7.42. The molecule has 4 heteroatoms. The molecular weight excluding hydrogens is 206 g/mol. The van der Waals surface area contributed by atoms with Crippen molar-refractivity contribution in [3.05, 3.63) is 24.3 Å². The molecule has 4 nitrogen and oxygen atoms in total. The van der Waals surface area contributed by atoms with E-state index in [0.29, 0.717) is 13.2 Å². The maximum atomic E-state index is 10.6. The summed E-state index contributed by atoms with van der Waals surface area (Å²) in [5.74, 6) is 1.61. The molecule has 0 saturated carbocycles. The number of carbonyl (C=O) groups excluding carboxylic acids is 1. The normalized spacial score (nSPS) is 9.62. The van der Waals surface area contributed by atoms with Crippen LogP contribution in [0.15, 0.2) is 24.3 Å². The average molecular weight is 223 g/mol. The van der Waals surface area contributed by atoms with E-state index in [0.717, 1.165) is 17.9 Å². The second kappa shape index (κ2) is 6.71. The summed E-state index contributed by atoms with van der Waals surface area (Å²) in [4.78, 5) is 10.6. The van der Waals surface area contributed by atoms with Gasteiger partial charge in [0.1, 0.15) is 11.5 Å². The fourth-order valence-corrected chi connectivity index (χ4v) is 1.20. The summed E-state index contributed by atoms with van der Waals surface area (Å²) in [5, 5.41) is 2.71. The minimum atomic E-state index is -0.00977. The van der Waals surface area contributed by atoms with Crippen molar-refractivity contribution in [3.63, 3.8) is 0 Å². The van der Waals surface area contributed by atoms with Crippen LogP contribution in [-0.4, -0.2) is 26.2 Å². The molecule has 88 valence electrons. The molecule has 0 unspecified atom stereocenters. The Balaban J connectivity index is 2.19. The highest BCUT2D eigenvalue weighted by Gasteiger charge is 1.95. The topological polar surface area (TPSA) is 47.6 Å². The molecule has 0 saturated heterocycles. The van der Waals surface area contributed by atoms with Gasteiger partial charge in [-0.2, -0.15) is 0 Å². The summed E-state index contributed by atoms with van der Waals surface area (Å²) in [5.41, 5.74) is 0. The lowest BCUT2D eigenvalue weighted by atomic mass is 10.3. The van der Waals surface area contributed by atoms with Gasteiger partial charge in [-0.05, 0) is 30.7 Å². The first-order valence-electron chi connectivity index (χ1n) is 5.23. The van der Waals surface area contributed by atoms with Crippen molar-refractivity contribution in [3.8, 4) is 11.5 Å². The zero-order chi connectivity index (χ0) is 11.8. The lowest BCUT2D eigenvalue weighted by Gasteiger charge is -2.07. The summed E-state index contributed by atoms with van der Waals surface area (Å²) < 4.78 is 10.5. The van der Waals surface area contributed by atoms with Crippen molar-refractivity contribution < 1.29 is 14.3 Å². The van der Waals surface area contributed by atoms with Gasteiger partial charge in [0.15, 0.2) is 0 Å². The monoisotopic (exact) mass is 223 g/mol. The van der Waals surface area contributed by atoms with Crippen LogP contribution in [0.25, 0.3) is 0 Å². The molecule has 0 heterocycles. The van der Waals surface area contributed by atoms with Gasteiger partial charge in [0.25, 0.3) is 0 Å². The predicted octanol–water partition coefficient (Wildman–Crippen LogP) is 1.60. The number of hydrogen-bond donors (Lipinski definition) is 1. The second-order valence-electron chi connectivity index (χ2n) is 3.36. The van der Waals surface area contributed by atoms with E-state index < -0.39 is 0 Å². The van der Waals surface area contributed by atoms with E-state index in [1.807, 2.05) is 24.3 Å². The summed E-state index contributed by atoms with van der Waals surface area (Å²) in [7, 11) is 1.63. The maximum Gasteiger partial charge on any atom is 0.216 e. The lowest BCUT2D eigenvalue weighted by Crippen LogP contribution is -2.22. The first-order valence-corrected chi connectivity index (χ1v) is 5.23. The first-order chi connectivity index (χ1) is 7.72. The van der Waals surface area contributed by atoms with Gasteiger partial charge in [-0.1, -0.05) is 0 Å². The highest BCUT2D eigenvalue weighted by molar-refractivity contribution is 5.72. The van der Waals surface area contributed by atoms with Gasteiger partial charge in [0.2, 0.25) is 5.91 Å². The molecule has 0 fully saturated rings. The molecule has 1 amide bonds. The maximum absolute atomic E-state index is 10.6. The van der Waals surface area contributed by atoms with Gasteiger partial charge in [-0.3, -0.25) is 4.79 Å². The number of hydrogen-bond acceptors (Lipinski definition) is 3. The van der Waals surface area contributed by atoms with Crippen LogP contribution in [0.2, 0.25) is 0 Å². The molecule has 0 aliphatic rings. The van der Waals surface area contributed by atoms with Crippen LogP contribution in [0.1, 0.15) is 13.3 Å². The molecule has 1 aromatic rings. The summed E-state index contributed by atoms with van der Waals surface area (Å²) in [6.07, 6.45) is 0.797. The number of rotatable bonds is 6. The van der Waals surface area contributed by atoms with E-state index in [1.54, 1.807) is 7.11 Å². The fraction of sp³-hybridized carbons (Fsp3) is 0.417. The molecule has 0 aliphatic heterocycles. The van der Waals surface area contributed by atoms with E-state index in [-0.39, 0.29) is 5.91 Å². The Morgan fingerprint density at radius 2 is 1.88 bits per heavy atom. The molecular formula is C12H17NO3. The Labute approximate surface area is 95.6 Å². The molecule has 0 atom stereocenters. The SMILES string of the molecule is COc1ccc(OCCCNC(C)=O)cc1. The van der Waals surface area contributed by atoms with Crippen LogP contribution in [0, 0.1) is 0 Å². The van der Waals surface area contributed by atoms with E-state index >= 15 is 0 Å². The zero-order valence-electron chi connectivity index (χ0n) is 9.66. The number of benzene rings is 1. The smallest absolute Gasteiger partial charge is 0.216 e. The number of nitrogens with one attached hydrogen (secondary N) is 1. The van der Waals surface area contributed by atoms with E-state index in [4.69, 9.17) is 9.47 Å². The van der Waals surface area contributed by atoms with E-state index in [1.165, 1.54) is 6.92 Å². The Kier molecular flexibility index (Phi) is 5.19. The summed E-state index contributed by atoms with van der Waals surface area (Å²) in [6.45, 7) is 2.74. The molecule has 0 aromatic heterocycles. The molecule has 0 aliphatic carbocycles. The minimum absolute atomic E-state index is 0.00977. The van der Waals surface area contributed by atoms with Crippen molar-refractivity contribution in [2.75, 3.05) is 20.3 Å². The van der Waals surface area contributed by atoms with Crippen LogP contribution in [0.5, 0.6) is 11.5 Å². The Morgan fingerprint density at radius 3 is 2.44 bits per heavy atom. The Morgan fingerprint density at radius 1 is 1.25 bits per heavy atom. The van der Waals surface area contributed by atoms with Crippen LogP contribution >= 0.6 is 0 Å². The van der Waals surface area contributed by atoms with Crippen molar-refractivity contribution in [2.45, 2.75) is 13.3 Å². The van der Waals surface area contributed by atoms with Gasteiger partial charge in [-0.15, -0.1) is 0 Å². The molecule has 16 heavy (non-hydrogen) atoms. The van der Waals surface area contributed by atoms with E-state index in [2.05, 4.69) is 5.32 Å². The van der Waals surface area contributed by atoms with Gasteiger partial charge in [0.05, 0.1) is 13.7 Å². The van der Waals surface area contributed by atoms with E-state index in [9.17, 15) is 4.79 Å². The molecule has 0 radical (unpaired) electrons. The zero-order valence-corrected chi connectivity index (χ0v) is 9.66. The molecule has 1 aromatic carbocycles. The van der Waals surface area contributed by atoms with Crippen molar-refractivity contribution in [1.82, 2.24) is 5.32 Å². The van der Waals surface area contributed by atoms with Crippen LogP contribution in [-0.2, 0) is 4.79 Å². The third kappa shape index (κ3) is 4.68. The highest BCUT2D eigenvalue weighted by Crippen LogP contribution is 2.16. The lowest BCUT2D eigenvalue weighted by molar-refractivity contribution is -0.118. The molecule has 0 spiro atoms. The van der Waals surface area contributed by atoms with Gasteiger partial charge in [0, 0.05) is 13.5 Å². The van der Waals surface area contributed by atoms with Gasteiger partial charge in [-0.25, -0.2) is 0 Å². The molecule has 1 rings (SSSR count). The van der Waals surface area contributed by atoms with Crippen molar-refractivity contribution >= 4 is 5.91 Å². The fourth-order valence-electron chi connectivity index (χ4n) is 1.20. The number of carbonyl (C=O) groups is 1. The van der Waals surface area contributed by atoms with Gasteiger partial charge >= 0.3 is 0 Å². The third-order valence-electron chi connectivity index (χ3n) is 2.02. The number of methoxy groups -OCH3 is 1. The Bertz CT molecular complexity index is 322. The minimum Gasteiger partial charge on any atom is -0.497 e. The van der Waals surface area contributed by atoms with Crippen LogP contribution in [0.4, 0.5) is 0 Å². The van der Waals surface area contributed by atoms with Crippen LogP contribution in [0.3, 0.4) is 0 Å². The third-order valence-corrected chi connectivity index (χ3v) is 2.02. The first kappa shape index (κ1) is 12.4. The standard InChI is InChI=1S/C12H17NO3/c1-10(14)13-8-3-9-16-12-6-4-11(15-2)5-7-12/h4-7H,3,8-9H2,1-2H3,(H,13,14). The summed E-state index contributed by atoms with van der Waals surface area (Å²) >= 11 is 0. The molecule has 0 bridgehead atoms.